The first-order valence-electron chi connectivity index (χ1n) is 10.3. The molecule has 3 fully saturated rings. The van der Waals surface area contributed by atoms with Crippen molar-refractivity contribution in [1.29, 1.82) is 0 Å². The van der Waals surface area contributed by atoms with Crippen LogP contribution < -0.4 is 5.32 Å². The molecule has 3 aliphatic rings. The Balaban J connectivity index is 1.41. The quantitative estimate of drug-likeness (QED) is 0.796. The van der Waals surface area contributed by atoms with E-state index in [-0.39, 0.29) is 35.5 Å². The fourth-order valence-electron chi connectivity index (χ4n) is 4.22. The molecule has 0 spiro atoms. The monoisotopic (exact) mass is 425 g/mol. The Labute approximate surface area is 173 Å². The second-order valence-electron chi connectivity index (χ2n) is 9.56. The third-order valence-electron chi connectivity index (χ3n) is 5.93. The Bertz CT molecular complexity index is 861. The van der Waals surface area contributed by atoms with Crippen LogP contribution in [0.15, 0.2) is 12.1 Å². The number of hydrogen-bond donors (Lipinski definition) is 1. The lowest BCUT2D eigenvalue weighted by Gasteiger charge is -2.39. The molecule has 9 heteroatoms. The van der Waals surface area contributed by atoms with E-state index >= 15 is 0 Å². The summed E-state index contributed by atoms with van der Waals surface area (Å²) in [5.41, 5.74) is -1.29. The highest BCUT2D eigenvalue weighted by atomic mass is 19.4. The standard InChI is InChI=1S/C21H26F3N3O3/c1-20(2,3)30-19(29)27-9-13-7-16(14(13)10-27)26-18(28)12-6-15(11-4-5-11)25-17(8-12)21(22,23)24/h6,8,11,13-14,16H,4-5,7,9-10H2,1-3H3,(H,26,28). The maximum absolute atomic E-state index is 13.2. The fraction of sp³-hybridized carbons (Fsp3) is 0.667. The summed E-state index contributed by atoms with van der Waals surface area (Å²) in [5, 5.41) is 2.86. The van der Waals surface area contributed by atoms with E-state index in [9.17, 15) is 22.8 Å². The van der Waals surface area contributed by atoms with Crippen LogP contribution in [0.4, 0.5) is 18.0 Å². The van der Waals surface area contributed by atoms with E-state index in [0.717, 1.165) is 18.9 Å². The van der Waals surface area contributed by atoms with Crippen LogP contribution in [0.3, 0.4) is 0 Å². The van der Waals surface area contributed by atoms with E-state index in [4.69, 9.17) is 4.74 Å². The number of amides is 2. The maximum Gasteiger partial charge on any atom is 0.433 e. The van der Waals surface area contributed by atoms with Gasteiger partial charge < -0.3 is 15.0 Å². The molecule has 1 N–H and O–H groups in total. The summed E-state index contributed by atoms with van der Waals surface area (Å²) in [7, 11) is 0. The van der Waals surface area contributed by atoms with Crippen molar-refractivity contribution in [3.8, 4) is 0 Å². The number of carbonyl (C=O) groups is 2. The first-order valence-corrected chi connectivity index (χ1v) is 10.3. The minimum Gasteiger partial charge on any atom is -0.444 e. The second-order valence-corrected chi connectivity index (χ2v) is 9.56. The van der Waals surface area contributed by atoms with E-state index < -0.39 is 23.4 Å². The smallest absolute Gasteiger partial charge is 0.433 e. The van der Waals surface area contributed by atoms with Gasteiger partial charge in [0.1, 0.15) is 11.3 Å². The van der Waals surface area contributed by atoms with Gasteiger partial charge in [-0.05, 0) is 58.1 Å². The van der Waals surface area contributed by atoms with Crippen LogP contribution in [-0.2, 0) is 10.9 Å². The number of nitrogens with one attached hydrogen (secondary N) is 1. The topological polar surface area (TPSA) is 71.5 Å². The van der Waals surface area contributed by atoms with Crippen molar-refractivity contribution < 1.29 is 27.5 Å². The summed E-state index contributed by atoms with van der Waals surface area (Å²) in [5.74, 6) is -0.158. The number of ether oxygens (including phenoxy) is 1. The highest BCUT2D eigenvalue weighted by Gasteiger charge is 2.49. The number of nitrogens with zero attached hydrogens (tertiary/aromatic N) is 2. The van der Waals surface area contributed by atoms with Gasteiger partial charge in [-0.25, -0.2) is 9.78 Å². The summed E-state index contributed by atoms with van der Waals surface area (Å²) in [6.07, 6.45) is -2.69. The summed E-state index contributed by atoms with van der Waals surface area (Å²) >= 11 is 0. The second kappa shape index (κ2) is 7.13. The van der Waals surface area contributed by atoms with Crippen LogP contribution in [0.2, 0.25) is 0 Å². The molecule has 4 rings (SSSR count). The molecular weight excluding hydrogens is 399 g/mol. The van der Waals surface area contributed by atoms with Gasteiger partial charge in [-0.3, -0.25) is 4.79 Å². The Kier molecular flexibility index (Phi) is 4.97. The van der Waals surface area contributed by atoms with Crippen molar-refractivity contribution in [3.05, 3.63) is 29.1 Å². The minimum absolute atomic E-state index is 0.00384. The lowest BCUT2D eigenvalue weighted by atomic mass is 9.71. The van der Waals surface area contributed by atoms with Gasteiger partial charge in [0, 0.05) is 42.2 Å². The molecule has 1 aromatic rings. The van der Waals surface area contributed by atoms with Crippen molar-refractivity contribution in [2.75, 3.05) is 13.1 Å². The van der Waals surface area contributed by atoms with Gasteiger partial charge in [-0.15, -0.1) is 0 Å². The maximum atomic E-state index is 13.2. The van der Waals surface area contributed by atoms with Gasteiger partial charge in [-0.2, -0.15) is 13.2 Å². The molecule has 0 bridgehead atoms. The normalized spacial score (nSPS) is 26.1. The van der Waals surface area contributed by atoms with E-state index in [1.54, 1.807) is 25.7 Å². The SMILES string of the molecule is CC(C)(C)OC(=O)N1CC2CC(NC(=O)c3cc(C4CC4)nc(C(F)(F)F)c3)C2C1. The van der Waals surface area contributed by atoms with Crippen LogP contribution in [0.25, 0.3) is 0 Å². The lowest BCUT2D eigenvalue weighted by molar-refractivity contribution is -0.141. The van der Waals surface area contributed by atoms with Gasteiger partial charge in [0.2, 0.25) is 0 Å². The highest BCUT2D eigenvalue weighted by Crippen LogP contribution is 2.42. The zero-order valence-electron chi connectivity index (χ0n) is 17.3. The first kappa shape index (κ1) is 20.9. The number of rotatable bonds is 3. The molecule has 1 saturated heterocycles. The molecule has 1 aromatic heterocycles. The largest absolute Gasteiger partial charge is 0.444 e. The summed E-state index contributed by atoms with van der Waals surface area (Å²) in [6.45, 7) is 6.46. The summed E-state index contributed by atoms with van der Waals surface area (Å²) in [6, 6.07) is 2.13. The molecule has 2 aliphatic carbocycles. The fourth-order valence-corrected chi connectivity index (χ4v) is 4.22. The summed E-state index contributed by atoms with van der Waals surface area (Å²) < 4.78 is 45.0. The minimum atomic E-state index is -4.60. The van der Waals surface area contributed by atoms with Crippen LogP contribution in [0, 0.1) is 11.8 Å². The molecule has 2 saturated carbocycles. The molecule has 3 unspecified atom stereocenters. The molecule has 3 atom stereocenters. The van der Waals surface area contributed by atoms with Crippen molar-refractivity contribution in [1.82, 2.24) is 15.2 Å². The van der Waals surface area contributed by atoms with Gasteiger partial charge in [0.15, 0.2) is 0 Å². The molecule has 164 valence electrons. The number of pyridine rings is 1. The van der Waals surface area contributed by atoms with Crippen molar-refractivity contribution in [2.45, 2.75) is 63.8 Å². The molecule has 2 heterocycles. The van der Waals surface area contributed by atoms with Gasteiger partial charge in [-0.1, -0.05) is 0 Å². The van der Waals surface area contributed by atoms with E-state index in [0.29, 0.717) is 25.2 Å². The van der Waals surface area contributed by atoms with Crippen molar-refractivity contribution in [2.24, 2.45) is 11.8 Å². The third kappa shape index (κ3) is 4.39. The van der Waals surface area contributed by atoms with Gasteiger partial charge >= 0.3 is 12.3 Å². The van der Waals surface area contributed by atoms with Crippen molar-refractivity contribution in [3.63, 3.8) is 0 Å². The molecule has 0 aromatic carbocycles. The van der Waals surface area contributed by atoms with Crippen LogP contribution in [-0.4, -0.2) is 46.6 Å². The van der Waals surface area contributed by atoms with Crippen LogP contribution in [0.5, 0.6) is 0 Å². The molecule has 2 amide bonds. The Hall–Kier alpha value is -2.32. The lowest BCUT2D eigenvalue weighted by Crippen LogP contribution is -2.52. The number of halogens is 3. The summed E-state index contributed by atoms with van der Waals surface area (Å²) in [4.78, 5) is 30.3. The van der Waals surface area contributed by atoms with Crippen LogP contribution >= 0.6 is 0 Å². The van der Waals surface area contributed by atoms with Gasteiger partial charge in [0.05, 0.1) is 0 Å². The average molecular weight is 425 g/mol. The predicted molar refractivity (Wildman–Crippen MR) is 102 cm³/mol. The zero-order chi connectivity index (χ0) is 21.8. The number of alkyl halides is 3. The Morgan fingerprint density at radius 1 is 1.17 bits per heavy atom. The Morgan fingerprint density at radius 2 is 1.87 bits per heavy atom. The third-order valence-corrected chi connectivity index (χ3v) is 5.93. The van der Waals surface area contributed by atoms with Crippen LogP contribution in [0.1, 0.15) is 67.7 Å². The molecular formula is C21H26F3N3O3. The average Bonchev–Trinajstić information content (AvgIpc) is 3.40. The number of hydrogen-bond acceptors (Lipinski definition) is 4. The van der Waals surface area contributed by atoms with E-state index in [1.807, 2.05) is 0 Å². The number of aromatic nitrogens is 1. The number of fused-ring (bicyclic) bond motifs is 1. The van der Waals surface area contributed by atoms with Gasteiger partial charge in [0.25, 0.3) is 5.91 Å². The number of carbonyl (C=O) groups excluding carboxylic acids is 2. The first-order chi connectivity index (χ1) is 13.9. The predicted octanol–water partition coefficient (Wildman–Crippen LogP) is 3.96. The van der Waals surface area contributed by atoms with E-state index in [1.165, 1.54) is 6.07 Å². The molecule has 6 nitrogen and oxygen atoms in total. The molecule has 1 aliphatic heterocycles. The Morgan fingerprint density at radius 3 is 2.47 bits per heavy atom. The zero-order valence-corrected chi connectivity index (χ0v) is 17.3. The van der Waals surface area contributed by atoms with E-state index in [2.05, 4.69) is 10.3 Å². The van der Waals surface area contributed by atoms with Crippen molar-refractivity contribution >= 4 is 12.0 Å². The number of likely N-dealkylation sites (tertiary alicyclic amines) is 1. The highest BCUT2D eigenvalue weighted by molar-refractivity contribution is 5.94. The molecule has 0 radical (unpaired) electrons. The molecule has 30 heavy (non-hydrogen) atoms.